The lowest BCUT2D eigenvalue weighted by atomic mass is 9.88. The Bertz CT molecular complexity index is 997. The second-order valence-corrected chi connectivity index (χ2v) is 11.6. The van der Waals surface area contributed by atoms with Crippen molar-refractivity contribution in [3.63, 3.8) is 0 Å². The van der Waals surface area contributed by atoms with Crippen molar-refractivity contribution in [3.8, 4) is 11.5 Å². The first-order chi connectivity index (χ1) is 17.3. The second kappa shape index (κ2) is 13.7. The normalized spacial score (nSPS) is 14.1. The van der Waals surface area contributed by atoms with Crippen LogP contribution in [0.3, 0.4) is 0 Å². The van der Waals surface area contributed by atoms with Gasteiger partial charge in [0.1, 0.15) is 0 Å². The number of hydrogen-bond donors (Lipinski definition) is 0. The maximum Gasteiger partial charge on any atom is 0.242 e. The number of methoxy groups -OCH3 is 2. The molecule has 1 fully saturated rings. The first-order valence-electron chi connectivity index (χ1n) is 13.1. The minimum Gasteiger partial charge on any atom is -0.493 e. The number of rotatable bonds is 12. The van der Waals surface area contributed by atoms with Gasteiger partial charge in [0.2, 0.25) is 11.8 Å². The van der Waals surface area contributed by atoms with Crippen molar-refractivity contribution in [3.05, 3.63) is 45.6 Å². The van der Waals surface area contributed by atoms with Gasteiger partial charge in [0.15, 0.2) is 11.5 Å². The molecule has 1 saturated carbocycles. The number of amides is 2. The summed E-state index contributed by atoms with van der Waals surface area (Å²) in [4.78, 5) is 33.2. The molecule has 0 bridgehead atoms. The number of carbonyl (C=O) groups is 2. The van der Waals surface area contributed by atoms with E-state index in [0.29, 0.717) is 43.5 Å². The molecule has 6 nitrogen and oxygen atoms in total. The van der Waals surface area contributed by atoms with Gasteiger partial charge in [0.25, 0.3) is 0 Å². The SMILES string of the molecule is COc1ccc(CCN(Cc2ccc(C)s2)C(=O)CN(CC(C)C)C(=O)C2CCCCC2)cc1OC. The molecule has 1 aromatic carbocycles. The molecule has 36 heavy (non-hydrogen) atoms. The lowest BCUT2D eigenvalue weighted by Crippen LogP contribution is -2.46. The maximum absolute atomic E-state index is 13.7. The molecule has 0 unspecified atom stereocenters. The van der Waals surface area contributed by atoms with Crippen molar-refractivity contribution in [1.29, 1.82) is 0 Å². The van der Waals surface area contributed by atoms with Gasteiger partial charge < -0.3 is 19.3 Å². The van der Waals surface area contributed by atoms with E-state index in [4.69, 9.17) is 9.47 Å². The summed E-state index contributed by atoms with van der Waals surface area (Å²) in [6.45, 7) is 8.17. The van der Waals surface area contributed by atoms with E-state index < -0.39 is 0 Å². The molecule has 1 aliphatic rings. The summed E-state index contributed by atoms with van der Waals surface area (Å²) in [7, 11) is 3.25. The van der Waals surface area contributed by atoms with Gasteiger partial charge in [-0.15, -0.1) is 11.3 Å². The molecule has 0 saturated heterocycles. The second-order valence-electron chi connectivity index (χ2n) is 10.2. The smallest absolute Gasteiger partial charge is 0.242 e. The summed E-state index contributed by atoms with van der Waals surface area (Å²) in [5.74, 6) is 1.91. The van der Waals surface area contributed by atoms with Crippen LogP contribution in [0.2, 0.25) is 0 Å². The molecule has 1 aromatic heterocycles. The number of carbonyl (C=O) groups excluding carboxylic acids is 2. The lowest BCUT2D eigenvalue weighted by Gasteiger charge is -2.32. The van der Waals surface area contributed by atoms with Gasteiger partial charge in [-0.05, 0) is 61.9 Å². The van der Waals surface area contributed by atoms with Gasteiger partial charge in [-0.25, -0.2) is 0 Å². The van der Waals surface area contributed by atoms with Crippen LogP contribution < -0.4 is 9.47 Å². The zero-order chi connectivity index (χ0) is 26.1. The Morgan fingerprint density at radius 3 is 2.33 bits per heavy atom. The van der Waals surface area contributed by atoms with Gasteiger partial charge in [0.05, 0.1) is 27.3 Å². The Hall–Kier alpha value is -2.54. The van der Waals surface area contributed by atoms with Crippen molar-refractivity contribution in [2.45, 2.75) is 65.8 Å². The van der Waals surface area contributed by atoms with Gasteiger partial charge in [-0.3, -0.25) is 9.59 Å². The Balaban J connectivity index is 1.75. The van der Waals surface area contributed by atoms with Crippen LogP contribution in [0.15, 0.2) is 30.3 Å². The standard InChI is InChI=1S/C29H42N2O4S/c1-21(2)18-31(29(33)24-9-7-6-8-10-24)20-28(32)30(19-25-13-11-22(3)36-25)16-15-23-12-14-26(34-4)27(17-23)35-5/h11-14,17,21,24H,6-10,15-16,18-20H2,1-5H3. The molecule has 1 heterocycles. The molecule has 0 radical (unpaired) electrons. The summed E-state index contributed by atoms with van der Waals surface area (Å²) in [6.07, 6.45) is 6.00. The molecule has 3 rings (SSSR count). The van der Waals surface area contributed by atoms with Crippen molar-refractivity contribution in [1.82, 2.24) is 9.80 Å². The van der Waals surface area contributed by atoms with Crippen LogP contribution >= 0.6 is 11.3 Å². The molecule has 7 heteroatoms. The summed E-state index contributed by atoms with van der Waals surface area (Å²) in [5, 5.41) is 0. The highest BCUT2D eigenvalue weighted by Gasteiger charge is 2.29. The average molecular weight is 515 g/mol. The van der Waals surface area contributed by atoms with Crippen LogP contribution in [0.4, 0.5) is 0 Å². The summed E-state index contributed by atoms with van der Waals surface area (Å²) < 4.78 is 10.8. The molecule has 198 valence electrons. The zero-order valence-electron chi connectivity index (χ0n) is 22.5. The highest BCUT2D eigenvalue weighted by molar-refractivity contribution is 7.11. The number of aryl methyl sites for hydroxylation is 1. The van der Waals surface area contributed by atoms with Crippen molar-refractivity contribution in [2.24, 2.45) is 11.8 Å². The molecular formula is C29H42N2O4S. The topological polar surface area (TPSA) is 59.1 Å². The molecule has 0 aliphatic heterocycles. The Labute approximate surface area is 220 Å². The van der Waals surface area contributed by atoms with E-state index in [1.165, 1.54) is 11.3 Å². The zero-order valence-corrected chi connectivity index (χ0v) is 23.4. The van der Waals surface area contributed by atoms with Crippen LogP contribution in [-0.4, -0.2) is 55.5 Å². The average Bonchev–Trinajstić information content (AvgIpc) is 3.30. The van der Waals surface area contributed by atoms with E-state index in [9.17, 15) is 9.59 Å². The van der Waals surface area contributed by atoms with Crippen molar-refractivity contribution in [2.75, 3.05) is 33.9 Å². The van der Waals surface area contributed by atoms with Gasteiger partial charge in [-0.2, -0.15) is 0 Å². The number of ether oxygens (including phenoxy) is 2. The number of nitrogens with zero attached hydrogens (tertiary/aromatic N) is 2. The third kappa shape index (κ3) is 7.99. The number of thiophene rings is 1. The van der Waals surface area contributed by atoms with Crippen LogP contribution in [0, 0.1) is 18.8 Å². The lowest BCUT2D eigenvalue weighted by molar-refractivity contribution is -0.144. The predicted octanol–water partition coefficient (Wildman–Crippen LogP) is 5.71. The molecule has 1 aliphatic carbocycles. The van der Waals surface area contributed by atoms with Gasteiger partial charge >= 0.3 is 0 Å². The fraction of sp³-hybridized carbons (Fsp3) is 0.586. The summed E-state index contributed by atoms with van der Waals surface area (Å²) in [6, 6.07) is 10.1. The van der Waals surface area contributed by atoms with Gasteiger partial charge in [0, 0.05) is 28.8 Å². The van der Waals surface area contributed by atoms with Gasteiger partial charge in [-0.1, -0.05) is 39.2 Å². The third-order valence-electron chi connectivity index (χ3n) is 6.79. The predicted molar refractivity (Wildman–Crippen MR) is 146 cm³/mol. The molecule has 2 amide bonds. The number of benzene rings is 1. The highest BCUT2D eigenvalue weighted by atomic mass is 32.1. The largest absolute Gasteiger partial charge is 0.493 e. The number of hydrogen-bond acceptors (Lipinski definition) is 5. The highest BCUT2D eigenvalue weighted by Crippen LogP contribution is 2.28. The molecule has 0 spiro atoms. The summed E-state index contributed by atoms with van der Waals surface area (Å²) in [5.41, 5.74) is 1.07. The van der Waals surface area contributed by atoms with Crippen LogP contribution in [0.1, 0.15) is 61.3 Å². The van der Waals surface area contributed by atoms with Crippen molar-refractivity contribution >= 4 is 23.2 Å². The Morgan fingerprint density at radius 1 is 1.00 bits per heavy atom. The van der Waals surface area contributed by atoms with E-state index in [-0.39, 0.29) is 24.3 Å². The quantitative estimate of drug-likeness (QED) is 0.364. The minimum atomic E-state index is 0.00587. The fourth-order valence-corrected chi connectivity index (χ4v) is 5.80. The Kier molecular flexibility index (Phi) is 10.7. The maximum atomic E-state index is 13.7. The Morgan fingerprint density at radius 2 is 1.72 bits per heavy atom. The molecular weight excluding hydrogens is 472 g/mol. The van der Waals surface area contributed by atoms with Crippen LogP contribution in [0.5, 0.6) is 11.5 Å². The molecule has 0 atom stereocenters. The first-order valence-corrected chi connectivity index (χ1v) is 13.9. The molecule has 0 N–H and O–H groups in total. The fourth-order valence-electron chi connectivity index (χ4n) is 4.89. The van der Waals surface area contributed by atoms with E-state index >= 15 is 0 Å². The van der Waals surface area contributed by atoms with Crippen molar-refractivity contribution < 1.29 is 19.1 Å². The third-order valence-corrected chi connectivity index (χ3v) is 7.78. The monoisotopic (exact) mass is 514 g/mol. The van der Waals surface area contributed by atoms with E-state index in [1.807, 2.05) is 28.0 Å². The van der Waals surface area contributed by atoms with E-state index in [2.05, 4.69) is 32.9 Å². The minimum absolute atomic E-state index is 0.00587. The van der Waals surface area contributed by atoms with E-state index in [1.54, 1.807) is 25.6 Å². The van der Waals surface area contributed by atoms with Crippen LogP contribution in [-0.2, 0) is 22.6 Å². The molecule has 2 aromatic rings. The van der Waals surface area contributed by atoms with E-state index in [0.717, 1.165) is 36.1 Å². The first kappa shape index (κ1) is 28.0. The van der Waals surface area contributed by atoms with Crippen LogP contribution in [0.25, 0.3) is 0 Å². The summed E-state index contributed by atoms with van der Waals surface area (Å²) >= 11 is 1.71.